The second kappa shape index (κ2) is 7.23. The van der Waals surface area contributed by atoms with E-state index in [-0.39, 0.29) is 0 Å². The van der Waals surface area contributed by atoms with Crippen molar-refractivity contribution in [3.63, 3.8) is 0 Å². The molecule has 1 aliphatic rings. The molecule has 0 bridgehead atoms. The number of rotatable bonds is 5. The minimum atomic E-state index is -1.39. The average molecular weight is 322 g/mol. The molecular formula is C17H22O6. The number of benzene rings is 1. The summed E-state index contributed by atoms with van der Waals surface area (Å²) in [6.07, 6.45) is -0.781. The van der Waals surface area contributed by atoms with Crippen molar-refractivity contribution in [2.45, 2.75) is 44.1 Å². The van der Waals surface area contributed by atoms with Gasteiger partial charge in [0.15, 0.2) is 11.9 Å². The lowest BCUT2D eigenvalue weighted by Gasteiger charge is -2.21. The minimum absolute atomic E-state index is 0.612. The van der Waals surface area contributed by atoms with Crippen LogP contribution in [0, 0.1) is 0 Å². The van der Waals surface area contributed by atoms with Gasteiger partial charge in [-0.2, -0.15) is 0 Å². The zero-order chi connectivity index (χ0) is 17.0. The van der Waals surface area contributed by atoms with E-state index in [1.807, 2.05) is 18.2 Å². The standard InChI is InChI=1S/C17H22O6/c1-17(2)22-13(10-9-12(18)16(20)21-3)15(23-17)14(19)11-7-5-4-6-8-11/h4-10,12-15,18-19H,1-3H3/b10-9+/t12?,13-,14+,15-/m1/s1. The van der Waals surface area contributed by atoms with Crippen LogP contribution in [0.3, 0.4) is 0 Å². The van der Waals surface area contributed by atoms with E-state index < -0.39 is 36.2 Å². The third kappa shape index (κ3) is 4.39. The summed E-state index contributed by atoms with van der Waals surface area (Å²) in [6, 6.07) is 9.10. The molecule has 0 amide bonds. The van der Waals surface area contributed by atoms with Gasteiger partial charge >= 0.3 is 5.97 Å². The highest BCUT2D eigenvalue weighted by atomic mass is 16.8. The maximum absolute atomic E-state index is 11.2. The molecule has 4 atom stereocenters. The first-order valence-electron chi connectivity index (χ1n) is 7.37. The second-order valence-electron chi connectivity index (χ2n) is 5.77. The van der Waals surface area contributed by atoms with Gasteiger partial charge in [-0.1, -0.05) is 36.4 Å². The first kappa shape index (κ1) is 17.6. The lowest BCUT2D eigenvalue weighted by Crippen LogP contribution is -2.29. The van der Waals surface area contributed by atoms with E-state index in [4.69, 9.17) is 9.47 Å². The Labute approximate surface area is 135 Å². The van der Waals surface area contributed by atoms with Crippen LogP contribution in [0.5, 0.6) is 0 Å². The van der Waals surface area contributed by atoms with E-state index in [1.165, 1.54) is 19.3 Å². The SMILES string of the molecule is COC(=O)C(O)/C=C/[C@H]1OC(C)(C)O[C@H]1[C@@H](O)c1ccccc1. The highest BCUT2D eigenvalue weighted by Gasteiger charge is 2.44. The van der Waals surface area contributed by atoms with Gasteiger partial charge in [0.2, 0.25) is 0 Å². The Hall–Kier alpha value is -1.73. The van der Waals surface area contributed by atoms with Crippen molar-refractivity contribution in [2.75, 3.05) is 7.11 Å². The lowest BCUT2D eigenvalue weighted by atomic mass is 10.00. The van der Waals surface area contributed by atoms with Crippen molar-refractivity contribution >= 4 is 5.97 Å². The molecule has 0 aliphatic carbocycles. The monoisotopic (exact) mass is 322 g/mol. The number of ether oxygens (including phenoxy) is 3. The molecule has 6 heteroatoms. The normalized spacial score (nSPS) is 26.1. The number of hydrogen-bond acceptors (Lipinski definition) is 6. The number of esters is 1. The van der Waals surface area contributed by atoms with Gasteiger partial charge in [-0.15, -0.1) is 0 Å². The van der Waals surface area contributed by atoms with Crippen LogP contribution in [0.15, 0.2) is 42.5 Å². The summed E-state index contributed by atoms with van der Waals surface area (Å²) >= 11 is 0. The molecule has 1 unspecified atom stereocenters. The third-order valence-corrected chi connectivity index (χ3v) is 3.54. The molecule has 1 heterocycles. The van der Waals surface area contributed by atoms with Crippen LogP contribution >= 0.6 is 0 Å². The van der Waals surface area contributed by atoms with Gasteiger partial charge in [0.25, 0.3) is 0 Å². The van der Waals surface area contributed by atoms with Gasteiger partial charge in [-0.3, -0.25) is 0 Å². The largest absolute Gasteiger partial charge is 0.467 e. The number of carbonyl (C=O) groups is 1. The van der Waals surface area contributed by atoms with Crippen molar-refractivity contribution in [1.29, 1.82) is 0 Å². The van der Waals surface area contributed by atoms with Crippen molar-refractivity contribution < 1.29 is 29.2 Å². The Morgan fingerprint density at radius 1 is 1.26 bits per heavy atom. The number of carbonyl (C=O) groups excluding carboxylic acids is 1. The van der Waals surface area contributed by atoms with E-state index in [0.717, 1.165) is 0 Å². The molecular weight excluding hydrogens is 300 g/mol. The molecule has 126 valence electrons. The Balaban J connectivity index is 2.16. The average Bonchev–Trinajstić information content (AvgIpc) is 2.86. The van der Waals surface area contributed by atoms with Crippen molar-refractivity contribution in [3.8, 4) is 0 Å². The number of methoxy groups -OCH3 is 1. The van der Waals surface area contributed by atoms with Gasteiger partial charge in [-0.25, -0.2) is 4.79 Å². The van der Waals surface area contributed by atoms with Gasteiger partial charge in [0.05, 0.1) is 7.11 Å². The van der Waals surface area contributed by atoms with Gasteiger partial charge in [-0.05, 0) is 25.5 Å². The van der Waals surface area contributed by atoms with E-state index in [1.54, 1.807) is 26.0 Å². The van der Waals surface area contributed by atoms with Crippen molar-refractivity contribution in [3.05, 3.63) is 48.0 Å². The highest BCUT2D eigenvalue weighted by Crippen LogP contribution is 2.35. The fraction of sp³-hybridized carbons (Fsp3) is 0.471. The number of aliphatic hydroxyl groups excluding tert-OH is 2. The van der Waals surface area contributed by atoms with Crippen LogP contribution in [0.1, 0.15) is 25.5 Å². The van der Waals surface area contributed by atoms with Crippen LogP contribution < -0.4 is 0 Å². The van der Waals surface area contributed by atoms with Crippen molar-refractivity contribution in [2.24, 2.45) is 0 Å². The predicted octanol–water partition coefficient (Wildman–Crippen LogP) is 1.33. The van der Waals surface area contributed by atoms with Gasteiger partial charge in [0, 0.05) is 0 Å². The zero-order valence-electron chi connectivity index (χ0n) is 13.4. The summed E-state index contributed by atoms with van der Waals surface area (Å²) in [6.45, 7) is 3.48. The zero-order valence-corrected chi connectivity index (χ0v) is 13.4. The molecule has 1 aliphatic heterocycles. The molecule has 23 heavy (non-hydrogen) atoms. The summed E-state index contributed by atoms with van der Waals surface area (Å²) in [5, 5.41) is 20.2. The fourth-order valence-electron chi connectivity index (χ4n) is 2.46. The summed E-state index contributed by atoms with van der Waals surface area (Å²) in [5.41, 5.74) is 0.700. The lowest BCUT2D eigenvalue weighted by molar-refractivity contribution is -0.153. The molecule has 1 fully saturated rings. The molecule has 0 aromatic heterocycles. The van der Waals surface area contributed by atoms with E-state index >= 15 is 0 Å². The first-order valence-corrected chi connectivity index (χ1v) is 7.37. The Morgan fingerprint density at radius 2 is 1.91 bits per heavy atom. The van der Waals surface area contributed by atoms with Crippen LogP contribution in [0.2, 0.25) is 0 Å². The fourth-order valence-corrected chi connectivity index (χ4v) is 2.46. The molecule has 6 nitrogen and oxygen atoms in total. The quantitative estimate of drug-likeness (QED) is 0.628. The summed E-state index contributed by atoms with van der Waals surface area (Å²) in [5.74, 6) is -1.65. The molecule has 1 aromatic carbocycles. The Morgan fingerprint density at radius 3 is 2.52 bits per heavy atom. The summed E-state index contributed by atoms with van der Waals surface area (Å²) in [7, 11) is 1.19. The number of aliphatic hydroxyl groups is 2. The molecule has 1 aromatic rings. The van der Waals surface area contributed by atoms with Crippen LogP contribution in [-0.2, 0) is 19.0 Å². The molecule has 0 spiro atoms. The molecule has 2 N–H and O–H groups in total. The Bertz CT molecular complexity index is 553. The Kier molecular flexibility index (Phi) is 5.54. The van der Waals surface area contributed by atoms with Crippen LogP contribution in [0.4, 0.5) is 0 Å². The number of hydrogen-bond donors (Lipinski definition) is 2. The highest BCUT2D eigenvalue weighted by molar-refractivity contribution is 5.76. The first-order chi connectivity index (χ1) is 10.8. The maximum Gasteiger partial charge on any atom is 0.338 e. The van der Waals surface area contributed by atoms with Crippen molar-refractivity contribution in [1.82, 2.24) is 0 Å². The second-order valence-corrected chi connectivity index (χ2v) is 5.77. The predicted molar refractivity (Wildman–Crippen MR) is 82.4 cm³/mol. The summed E-state index contributed by atoms with van der Waals surface area (Å²) in [4.78, 5) is 11.2. The molecule has 0 radical (unpaired) electrons. The summed E-state index contributed by atoms with van der Waals surface area (Å²) < 4.78 is 16.0. The molecule has 2 rings (SSSR count). The van der Waals surface area contributed by atoms with Crippen LogP contribution in [-0.4, -0.2) is 47.4 Å². The van der Waals surface area contributed by atoms with Crippen LogP contribution in [0.25, 0.3) is 0 Å². The maximum atomic E-state index is 11.2. The third-order valence-electron chi connectivity index (χ3n) is 3.54. The minimum Gasteiger partial charge on any atom is -0.467 e. The van der Waals surface area contributed by atoms with E-state index in [0.29, 0.717) is 5.56 Å². The topological polar surface area (TPSA) is 85.2 Å². The van der Waals surface area contributed by atoms with Gasteiger partial charge < -0.3 is 24.4 Å². The van der Waals surface area contributed by atoms with E-state index in [9.17, 15) is 15.0 Å². The van der Waals surface area contributed by atoms with E-state index in [2.05, 4.69) is 4.74 Å². The molecule has 0 saturated carbocycles. The molecule has 1 saturated heterocycles. The smallest absolute Gasteiger partial charge is 0.338 e. The van der Waals surface area contributed by atoms with Gasteiger partial charge in [0.1, 0.15) is 18.3 Å².